The maximum atomic E-state index is 12.0. The van der Waals surface area contributed by atoms with Gasteiger partial charge in [-0.1, -0.05) is 0 Å². The van der Waals surface area contributed by atoms with Gasteiger partial charge in [0.1, 0.15) is 0 Å². The number of hydrogen-bond donors (Lipinski definition) is 1. The minimum atomic E-state index is -4.88. The number of halogens is 6. The van der Waals surface area contributed by atoms with Gasteiger partial charge in [-0.15, -0.1) is 0 Å². The molecule has 0 rings (SSSR count). The lowest BCUT2D eigenvalue weighted by molar-refractivity contribution is -0.169. The predicted molar refractivity (Wildman–Crippen MR) is 80.2 cm³/mol. The summed E-state index contributed by atoms with van der Waals surface area (Å²) >= 11 is 0. The van der Waals surface area contributed by atoms with Gasteiger partial charge in [-0.25, -0.2) is 0 Å². The van der Waals surface area contributed by atoms with Gasteiger partial charge < -0.3 is 5.32 Å². The Kier molecular flexibility index (Phi) is 9.53. The molecule has 0 bridgehead atoms. The fraction of sp³-hybridized carbons (Fsp3) is 0.714. The van der Waals surface area contributed by atoms with E-state index in [1.165, 1.54) is 13.8 Å². The maximum Gasteiger partial charge on any atom is 0.450 e. The van der Waals surface area contributed by atoms with Crippen molar-refractivity contribution in [2.75, 3.05) is 26.2 Å². The third-order valence-electron chi connectivity index (χ3n) is 2.81. The molecule has 0 aromatic carbocycles. The summed E-state index contributed by atoms with van der Waals surface area (Å²) in [4.78, 5) is 29.1. The number of Topliss-reactive ketones (excluding diaryl/α,β-unsaturated/α-hetero) is 2. The van der Waals surface area contributed by atoms with E-state index in [1.54, 1.807) is 0 Å². The lowest BCUT2D eigenvalue weighted by Crippen LogP contribution is -2.26. The Morgan fingerprint density at radius 1 is 0.760 bits per heavy atom. The summed E-state index contributed by atoms with van der Waals surface area (Å²) in [5.41, 5.74) is 0.118. The average molecular weight is 375 g/mol. The summed E-state index contributed by atoms with van der Waals surface area (Å²) in [5.74, 6) is -3.72. The maximum absolute atomic E-state index is 12.0. The summed E-state index contributed by atoms with van der Waals surface area (Å²) in [7, 11) is 0. The van der Waals surface area contributed by atoms with Gasteiger partial charge in [0.05, 0.1) is 25.9 Å². The van der Waals surface area contributed by atoms with Crippen molar-refractivity contribution in [2.45, 2.75) is 39.0 Å². The van der Waals surface area contributed by atoms with Crippen molar-refractivity contribution >= 4 is 23.0 Å². The fourth-order valence-corrected chi connectivity index (χ4v) is 1.55. The van der Waals surface area contributed by atoms with Crippen molar-refractivity contribution in [3.63, 3.8) is 0 Å². The number of rotatable bonds is 10. The molecule has 0 heterocycles. The lowest BCUT2D eigenvalue weighted by Gasteiger charge is -2.06. The van der Waals surface area contributed by atoms with E-state index in [0.717, 1.165) is 0 Å². The number of nitrogens with one attached hydrogen (secondary N) is 1. The van der Waals surface area contributed by atoms with Crippen LogP contribution >= 0.6 is 0 Å². The van der Waals surface area contributed by atoms with E-state index in [2.05, 4.69) is 15.3 Å². The third-order valence-corrected chi connectivity index (χ3v) is 2.81. The quantitative estimate of drug-likeness (QED) is 0.362. The molecule has 0 aromatic rings. The Labute approximate surface area is 140 Å². The molecule has 0 aliphatic rings. The van der Waals surface area contributed by atoms with Gasteiger partial charge >= 0.3 is 12.4 Å². The highest BCUT2D eigenvalue weighted by molar-refractivity contribution is 6.03. The predicted octanol–water partition coefficient (Wildman–Crippen LogP) is 2.54. The molecule has 1 N–H and O–H groups in total. The van der Waals surface area contributed by atoms with Gasteiger partial charge in [-0.3, -0.25) is 19.6 Å². The Balaban J connectivity index is 3.96. The first-order valence-corrected chi connectivity index (χ1v) is 7.24. The first kappa shape index (κ1) is 23.2. The van der Waals surface area contributed by atoms with Crippen LogP contribution in [0, 0.1) is 0 Å². The first-order valence-electron chi connectivity index (χ1n) is 7.24. The molecule has 0 atom stereocenters. The molecule has 144 valence electrons. The molecule has 0 unspecified atom stereocenters. The van der Waals surface area contributed by atoms with E-state index in [-0.39, 0.29) is 24.5 Å². The van der Waals surface area contributed by atoms with Crippen molar-refractivity contribution in [3.05, 3.63) is 0 Å². The average Bonchev–Trinajstić information content (AvgIpc) is 2.44. The highest BCUT2D eigenvalue weighted by atomic mass is 19.4. The molecule has 25 heavy (non-hydrogen) atoms. The Hall–Kier alpha value is -1.78. The van der Waals surface area contributed by atoms with E-state index in [1.807, 2.05) is 0 Å². The summed E-state index contributed by atoms with van der Waals surface area (Å²) in [6, 6.07) is 0. The van der Waals surface area contributed by atoms with Crippen molar-refractivity contribution in [1.82, 2.24) is 5.32 Å². The molecule has 11 heteroatoms. The molecule has 0 aliphatic carbocycles. The fourth-order valence-electron chi connectivity index (χ4n) is 1.55. The van der Waals surface area contributed by atoms with Crippen LogP contribution in [-0.4, -0.2) is 61.5 Å². The van der Waals surface area contributed by atoms with Gasteiger partial charge in [0.25, 0.3) is 0 Å². The largest absolute Gasteiger partial charge is 0.450 e. The van der Waals surface area contributed by atoms with E-state index >= 15 is 0 Å². The first-order chi connectivity index (χ1) is 11.3. The zero-order valence-corrected chi connectivity index (χ0v) is 13.7. The van der Waals surface area contributed by atoms with E-state index in [0.29, 0.717) is 13.1 Å². The van der Waals surface area contributed by atoms with Crippen LogP contribution in [0.15, 0.2) is 9.98 Å². The zero-order chi connectivity index (χ0) is 19.7. The van der Waals surface area contributed by atoms with Crippen LogP contribution in [0.1, 0.15) is 26.7 Å². The normalized spacial score (nSPS) is 13.9. The number of ketones is 2. The molecule has 0 radical (unpaired) electrons. The summed E-state index contributed by atoms with van der Waals surface area (Å²) in [6.07, 6.45) is -11.3. The van der Waals surface area contributed by atoms with E-state index in [4.69, 9.17) is 0 Å². The topological polar surface area (TPSA) is 70.9 Å². The van der Waals surface area contributed by atoms with Crippen LogP contribution in [0.5, 0.6) is 0 Å². The molecular weight excluding hydrogens is 356 g/mol. The number of carbonyl (C=O) groups is 2. The molecule has 0 aromatic heterocycles. The second kappa shape index (κ2) is 10.3. The molecule has 0 saturated heterocycles. The van der Waals surface area contributed by atoms with Gasteiger partial charge in [0, 0.05) is 24.5 Å². The van der Waals surface area contributed by atoms with E-state index < -0.39 is 36.8 Å². The highest BCUT2D eigenvalue weighted by Crippen LogP contribution is 2.18. The van der Waals surface area contributed by atoms with Crippen LogP contribution in [0.2, 0.25) is 0 Å². The van der Waals surface area contributed by atoms with Crippen molar-refractivity contribution < 1.29 is 35.9 Å². The van der Waals surface area contributed by atoms with Crippen LogP contribution in [0.4, 0.5) is 26.3 Å². The molecule has 0 fully saturated rings. The van der Waals surface area contributed by atoms with Crippen molar-refractivity contribution in [2.24, 2.45) is 9.98 Å². The van der Waals surface area contributed by atoms with Gasteiger partial charge in [-0.2, -0.15) is 26.3 Å². The standard InChI is InChI=1S/C14H19F6N3O2/c1-9(7-11(24)13(15,16)17)22-5-3-21-4-6-23-10(2)8-12(25)14(18,19)20/h21H,3-8H2,1-2H3. The summed E-state index contributed by atoms with van der Waals surface area (Å²) in [5, 5.41) is 2.83. The lowest BCUT2D eigenvalue weighted by atomic mass is 10.2. The molecule has 0 aliphatic heterocycles. The Morgan fingerprint density at radius 3 is 1.36 bits per heavy atom. The minimum Gasteiger partial charge on any atom is -0.313 e. The molecule has 0 saturated carbocycles. The Morgan fingerprint density at radius 2 is 1.08 bits per heavy atom. The van der Waals surface area contributed by atoms with Gasteiger partial charge in [-0.05, 0) is 13.8 Å². The number of nitrogens with zero attached hydrogens (tertiary/aromatic N) is 2. The summed E-state index contributed by atoms with van der Waals surface area (Å²) in [6.45, 7) is 3.52. The zero-order valence-electron chi connectivity index (χ0n) is 13.7. The monoisotopic (exact) mass is 375 g/mol. The number of aliphatic imine (C=N–C) groups is 2. The Bertz CT molecular complexity index is 478. The van der Waals surface area contributed by atoms with Crippen molar-refractivity contribution in [1.29, 1.82) is 0 Å². The highest BCUT2D eigenvalue weighted by Gasteiger charge is 2.38. The van der Waals surface area contributed by atoms with Gasteiger partial charge in [0.2, 0.25) is 11.6 Å². The molecular formula is C14H19F6N3O2. The number of hydrogen-bond acceptors (Lipinski definition) is 5. The smallest absolute Gasteiger partial charge is 0.313 e. The van der Waals surface area contributed by atoms with Crippen LogP contribution in [-0.2, 0) is 9.59 Å². The van der Waals surface area contributed by atoms with Crippen LogP contribution < -0.4 is 5.32 Å². The van der Waals surface area contributed by atoms with Gasteiger partial charge in [0.15, 0.2) is 0 Å². The second-order valence-corrected chi connectivity index (χ2v) is 5.18. The van der Waals surface area contributed by atoms with Crippen LogP contribution in [0.25, 0.3) is 0 Å². The number of alkyl halides is 6. The second-order valence-electron chi connectivity index (χ2n) is 5.18. The summed E-state index contributed by atoms with van der Waals surface area (Å²) < 4.78 is 72.2. The molecule has 0 spiro atoms. The van der Waals surface area contributed by atoms with Crippen molar-refractivity contribution in [3.8, 4) is 0 Å². The SMILES string of the molecule is CC(CC(=O)C(F)(F)F)=NCCNCCN=C(C)CC(=O)C(F)(F)F. The van der Waals surface area contributed by atoms with E-state index in [9.17, 15) is 35.9 Å². The third kappa shape index (κ3) is 11.4. The molecule has 0 amide bonds. The number of carbonyl (C=O) groups excluding carboxylic acids is 2. The van der Waals surface area contributed by atoms with Crippen LogP contribution in [0.3, 0.4) is 0 Å². The minimum absolute atomic E-state index is 0.0589. The molecule has 5 nitrogen and oxygen atoms in total.